The van der Waals surface area contributed by atoms with Crippen LogP contribution in [0.5, 0.6) is 0 Å². The van der Waals surface area contributed by atoms with Crippen LogP contribution in [0.2, 0.25) is 5.02 Å². The molecule has 0 spiro atoms. The van der Waals surface area contributed by atoms with Crippen molar-refractivity contribution in [3.63, 3.8) is 0 Å². The van der Waals surface area contributed by atoms with E-state index in [1.165, 1.54) is 11.8 Å². The molecule has 124 valence electrons. The maximum absolute atomic E-state index is 13.0. The smallest absolute Gasteiger partial charge is 0.244 e. The number of hydrogen-bond acceptors (Lipinski definition) is 3. The third kappa shape index (κ3) is 3.57. The lowest BCUT2D eigenvalue weighted by atomic mass is 10.1. The fourth-order valence-electron chi connectivity index (χ4n) is 2.59. The van der Waals surface area contributed by atoms with E-state index in [0.717, 1.165) is 10.6 Å². The van der Waals surface area contributed by atoms with E-state index in [0.29, 0.717) is 17.1 Å². The van der Waals surface area contributed by atoms with Gasteiger partial charge in [-0.05, 0) is 42.8 Å². The van der Waals surface area contributed by atoms with E-state index in [9.17, 15) is 9.59 Å². The van der Waals surface area contributed by atoms with Crippen molar-refractivity contribution in [1.82, 2.24) is 0 Å². The topological polar surface area (TPSA) is 49.4 Å². The molecule has 0 fully saturated rings. The molecule has 0 unspecified atom stereocenters. The first-order valence-corrected chi connectivity index (χ1v) is 8.96. The molecule has 2 aromatic rings. The van der Waals surface area contributed by atoms with E-state index in [1.54, 1.807) is 11.0 Å². The van der Waals surface area contributed by atoms with E-state index in [4.69, 9.17) is 11.6 Å². The minimum absolute atomic E-state index is 0.0491. The molecule has 1 aliphatic heterocycles. The molecule has 1 heterocycles. The summed E-state index contributed by atoms with van der Waals surface area (Å²) in [5.74, 6) is -0.229. The number of halogens is 1. The first-order chi connectivity index (χ1) is 11.6. The molecular weight excluding hydrogens is 344 g/mol. The Labute approximate surface area is 150 Å². The fraction of sp³-hybridized carbons (Fsp3) is 0.222. The van der Waals surface area contributed by atoms with Crippen molar-refractivity contribution < 1.29 is 9.59 Å². The summed E-state index contributed by atoms with van der Waals surface area (Å²) in [5, 5.41) is 3.21. The molecule has 0 aliphatic carbocycles. The monoisotopic (exact) mass is 360 g/mol. The summed E-state index contributed by atoms with van der Waals surface area (Å²) >= 11 is 7.40. The van der Waals surface area contributed by atoms with Crippen molar-refractivity contribution in [1.29, 1.82) is 0 Å². The van der Waals surface area contributed by atoms with Crippen molar-refractivity contribution in [3.05, 3.63) is 53.6 Å². The lowest BCUT2D eigenvalue weighted by Gasteiger charge is -2.31. The molecule has 1 N–H and O–H groups in total. The Hall–Kier alpha value is -1.98. The highest BCUT2D eigenvalue weighted by Gasteiger charge is 2.31. The molecule has 1 aliphatic rings. The van der Waals surface area contributed by atoms with Gasteiger partial charge in [0.1, 0.15) is 6.54 Å². The minimum atomic E-state index is -0.259. The van der Waals surface area contributed by atoms with Gasteiger partial charge < -0.3 is 5.32 Å². The molecule has 0 bridgehead atoms. The predicted molar refractivity (Wildman–Crippen MR) is 98.8 cm³/mol. The molecule has 0 radical (unpaired) electrons. The molecule has 2 amide bonds. The maximum atomic E-state index is 13.0. The van der Waals surface area contributed by atoms with Gasteiger partial charge in [-0.15, -0.1) is 11.8 Å². The molecule has 6 heteroatoms. The Kier molecular flexibility index (Phi) is 5.11. The largest absolute Gasteiger partial charge is 0.323 e. The summed E-state index contributed by atoms with van der Waals surface area (Å²) < 4.78 is 0. The number of anilines is 2. The number of carbonyl (C=O) groups excluding carboxylic acids is 2. The Morgan fingerprint density at radius 1 is 1.25 bits per heavy atom. The SMILES string of the molecule is CC[C@@H](Sc1ccc(Cl)cc1)C(=O)N1CC(=O)Nc2ccccc21. The van der Waals surface area contributed by atoms with Gasteiger partial charge in [0.25, 0.3) is 0 Å². The fourth-order valence-corrected chi connectivity index (χ4v) is 3.73. The number of benzene rings is 2. The van der Waals surface area contributed by atoms with Crippen molar-refractivity contribution in [2.75, 3.05) is 16.8 Å². The quantitative estimate of drug-likeness (QED) is 0.831. The highest BCUT2D eigenvalue weighted by molar-refractivity contribution is 8.00. The number of fused-ring (bicyclic) bond motifs is 1. The average molecular weight is 361 g/mol. The molecular formula is C18H17ClN2O2S. The van der Waals surface area contributed by atoms with Crippen LogP contribution in [0.1, 0.15) is 13.3 Å². The molecule has 0 aromatic heterocycles. The molecule has 24 heavy (non-hydrogen) atoms. The lowest BCUT2D eigenvalue weighted by Crippen LogP contribution is -2.45. The van der Waals surface area contributed by atoms with Gasteiger partial charge in [0, 0.05) is 9.92 Å². The number of thioether (sulfide) groups is 1. The van der Waals surface area contributed by atoms with E-state index in [1.807, 2.05) is 49.4 Å². The van der Waals surface area contributed by atoms with Crippen molar-refractivity contribution in [2.24, 2.45) is 0 Å². The van der Waals surface area contributed by atoms with Crippen LogP contribution in [-0.2, 0) is 9.59 Å². The normalized spacial score (nSPS) is 14.8. The van der Waals surface area contributed by atoms with E-state index < -0.39 is 0 Å². The number of nitrogens with zero attached hydrogens (tertiary/aromatic N) is 1. The van der Waals surface area contributed by atoms with Crippen LogP contribution in [0.3, 0.4) is 0 Å². The van der Waals surface area contributed by atoms with Crippen molar-refractivity contribution >= 4 is 46.6 Å². The molecule has 0 saturated heterocycles. The lowest BCUT2D eigenvalue weighted by molar-refractivity contribution is -0.121. The summed E-state index contributed by atoms with van der Waals surface area (Å²) in [7, 11) is 0. The maximum Gasteiger partial charge on any atom is 0.244 e. The van der Waals surface area contributed by atoms with E-state index in [2.05, 4.69) is 5.32 Å². The van der Waals surface area contributed by atoms with Crippen molar-refractivity contribution in [3.8, 4) is 0 Å². The number of amides is 2. The zero-order valence-electron chi connectivity index (χ0n) is 13.2. The molecule has 4 nitrogen and oxygen atoms in total. The number of rotatable bonds is 4. The Morgan fingerprint density at radius 3 is 2.67 bits per heavy atom. The molecule has 2 aromatic carbocycles. The summed E-state index contributed by atoms with van der Waals surface area (Å²) in [5.41, 5.74) is 1.42. The minimum Gasteiger partial charge on any atom is -0.323 e. The van der Waals surface area contributed by atoms with Crippen molar-refractivity contribution in [2.45, 2.75) is 23.5 Å². The standard InChI is InChI=1S/C18H17ClN2O2S/c1-2-16(24-13-9-7-12(19)8-10-13)18(23)21-11-17(22)20-14-5-3-4-6-15(14)21/h3-10,16H,2,11H2,1H3,(H,20,22)/t16-/m1/s1. The van der Waals surface area contributed by atoms with E-state index in [-0.39, 0.29) is 23.6 Å². The van der Waals surface area contributed by atoms with Crippen LogP contribution in [-0.4, -0.2) is 23.6 Å². The van der Waals surface area contributed by atoms with Crippen LogP contribution >= 0.6 is 23.4 Å². The summed E-state index contributed by atoms with van der Waals surface area (Å²) in [6.07, 6.45) is 0.673. The van der Waals surface area contributed by atoms with Crippen LogP contribution in [0.4, 0.5) is 11.4 Å². The van der Waals surface area contributed by atoms with Crippen LogP contribution < -0.4 is 10.2 Å². The summed E-state index contributed by atoms with van der Waals surface area (Å²) in [6.45, 7) is 2.02. The first-order valence-electron chi connectivity index (χ1n) is 7.71. The third-order valence-corrected chi connectivity index (χ3v) is 5.39. The summed E-state index contributed by atoms with van der Waals surface area (Å²) in [6, 6.07) is 14.8. The average Bonchev–Trinajstić information content (AvgIpc) is 2.60. The highest BCUT2D eigenvalue weighted by atomic mass is 35.5. The number of para-hydroxylation sites is 2. The van der Waals surface area contributed by atoms with Gasteiger partial charge in [-0.1, -0.05) is 30.7 Å². The van der Waals surface area contributed by atoms with Crippen LogP contribution in [0, 0.1) is 0 Å². The Morgan fingerprint density at radius 2 is 1.96 bits per heavy atom. The van der Waals surface area contributed by atoms with Crippen LogP contribution in [0.25, 0.3) is 0 Å². The molecule has 1 atom stereocenters. The highest BCUT2D eigenvalue weighted by Crippen LogP contribution is 2.33. The zero-order valence-corrected chi connectivity index (χ0v) is 14.7. The first kappa shape index (κ1) is 16.9. The van der Waals surface area contributed by atoms with Gasteiger partial charge in [-0.2, -0.15) is 0 Å². The number of carbonyl (C=O) groups is 2. The van der Waals surface area contributed by atoms with Crippen LogP contribution in [0.15, 0.2) is 53.4 Å². The van der Waals surface area contributed by atoms with Gasteiger partial charge in [-0.25, -0.2) is 0 Å². The second kappa shape index (κ2) is 7.28. The zero-order chi connectivity index (χ0) is 17.1. The van der Waals surface area contributed by atoms with Gasteiger partial charge in [0.05, 0.1) is 16.6 Å². The van der Waals surface area contributed by atoms with Gasteiger partial charge >= 0.3 is 0 Å². The second-order valence-electron chi connectivity index (χ2n) is 5.46. The second-order valence-corrected chi connectivity index (χ2v) is 7.17. The van der Waals surface area contributed by atoms with Gasteiger partial charge in [0.2, 0.25) is 11.8 Å². The number of nitrogens with one attached hydrogen (secondary N) is 1. The van der Waals surface area contributed by atoms with Gasteiger partial charge in [0.15, 0.2) is 0 Å². The third-order valence-electron chi connectivity index (χ3n) is 3.77. The predicted octanol–water partition coefficient (Wildman–Crippen LogP) is 4.20. The Bertz CT molecular complexity index is 764. The Balaban J connectivity index is 1.83. The number of hydrogen-bond donors (Lipinski definition) is 1. The molecule has 0 saturated carbocycles. The molecule has 3 rings (SSSR count). The summed E-state index contributed by atoms with van der Waals surface area (Å²) in [4.78, 5) is 27.5. The van der Waals surface area contributed by atoms with E-state index >= 15 is 0 Å². The van der Waals surface area contributed by atoms with Gasteiger partial charge in [-0.3, -0.25) is 14.5 Å².